The van der Waals surface area contributed by atoms with E-state index in [0.717, 1.165) is 22.4 Å². The molecule has 42 heavy (non-hydrogen) atoms. The van der Waals surface area contributed by atoms with E-state index in [9.17, 15) is 8.78 Å². The largest absolute Gasteiger partial charge is 0.378 e. The number of ether oxygens (including phenoxy) is 1. The van der Waals surface area contributed by atoms with E-state index in [0.29, 0.717) is 49.7 Å². The second-order valence-electron chi connectivity index (χ2n) is 10.8. The van der Waals surface area contributed by atoms with E-state index in [-0.39, 0.29) is 11.9 Å². The number of aromatic nitrogens is 6. The normalized spacial score (nSPS) is 13.9. The van der Waals surface area contributed by atoms with Gasteiger partial charge in [0, 0.05) is 36.1 Å². The van der Waals surface area contributed by atoms with Crippen molar-refractivity contribution in [3.63, 3.8) is 0 Å². The van der Waals surface area contributed by atoms with Gasteiger partial charge in [-0.25, -0.2) is 13.8 Å². The van der Waals surface area contributed by atoms with Crippen LogP contribution >= 0.6 is 0 Å². The van der Waals surface area contributed by atoms with Crippen molar-refractivity contribution in [2.75, 3.05) is 36.5 Å². The summed E-state index contributed by atoms with van der Waals surface area (Å²) in [6.07, 6.45) is -0.444. The maximum Gasteiger partial charge on any atom is 0.296 e. The Balaban J connectivity index is 1.40. The van der Waals surface area contributed by atoms with Crippen molar-refractivity contribution in [2.24, 2.45) is 0 Å². The molecule has 0 atom stereocenters. The second kappa shape index (κ2) is 11.3. The van der Waals surface area contributed by atoms with Crippen LogP contribution in [0.15, 0.2) is 54.7 Å². The average molecular weight is 569 g/mol. The van der Waals surface area contributed by atoms with Crippen LogP contribution in [0.2, 0.25) is 0 Å². The Morgan fingerprint density at radius 2 is 1.81 bits per heavy atom. The summed E-state index contributed by atoms with van der Waals surface area (Å²) in [6.45, 7) is 8.22. The van der Waals surface area contributed by atoms with E-state index in [4.69, 9.17) is 9.72 Å². The van der Waals surface area contributed by atoms with Crippen molar-refractivity contribution in [1.82, 2.24) is 29.5 Å². The van der Waals surface area contributed by atoms with Gasteiger partial charge >= 0.3 is 0 Å². The molecule has 0 saturated carbocycles. The third-order valence-electron chi connectivity index (χ3n) is 7.04. The van der Waals surface area contributed by atoms with Crippen LogP contribution in [0.5, 0.6) is 0 Å². The van der Waals surface area contributed by atoms with Crippen molar-refractivity contribution in [3.05, 3.63) is 83.9 Å². The molecule has 2 aromatic carbocycles. The third-order valence-corrected chi connectivity index (χ3v) is 7.04. The van der Waals surface area contributed by atoms with Crippen LogP contribution in [0, 0.1) is 19.1 Å². The predicted octanol–water partition coefficient (Wildman–Crippen LogP) is 5.39. The lowest BCUT2D eigenvalue weighted by Crippen LogP contribution is -2.39. The molecule has 4 heterocycles. The summed E-state index contributed by atoms with van der Waals surface area (Å²) in [4.78, 5) is 24.5. The lowest BCUT2D eigenvalue weighted by molar-refractivity contribution is 0.122. The number of alkyl halides is 2. The number of benzene rings is 1. The minimum absolute atomic E-state index is 0.0735. The number of hydrogen-bond donors (Lipinski definition) is 1. The molecule has 214 valence electrons. The predicted molar refractivity (Wildman–Crippen MR) is 156 cm³/mol. The summed E-state index contributed by atoms with van der Waals surface area (Å²) < 4.78 is 35.3. The molecule has 0 amide bonds. The number of imidazole rings is 1. The van der Waals surface area contributed by atoms with Gasteiger partial charge in [0.05, 0.1) is 24.2 Å². The highest BCUT2D eigenvalue weighted by Gasteiger charge is 2.27. The Kier molecular flexibility index (Phi) is 7.39. The van der Waals surface area contributed by atoms with Crippen LogP contribution in [0.25, 0.3) is 28.1 Å². The zero-order chi connectivity index (χ0) is 29.3. The Labute approximate surface area is 242 Å². The van der Waals surface area contributed by atoms with Gasteiger partial charge in [0.15, 0.2) is 5.82 Å². The highest BCUT2D eigenvalue weighted by molar-refractivity contribution is 5.77. The molecule has 0 bridgehead atoms. The molecule has 1 aliphatic heterocycles. The average Bonchev–Trinajstić information content (AvgIpc) is 3.38. The lowest BCUT2D eigenvalue weighted by Gasteiger charge is -2.30. The molecule has 3 aromatic heterocycles. The SMILES string of the molecule is Cc1cc(-c2c#cccc2CC(C)(C)Nc2nc(N3CCOCC3)nc(-n3c(C(F)F)nc4ccccc43)n2)ccn1. The van der Waals surface area contributed by atoms with Crippen LogP contribution in [0.1, 0.15) is 37.4 Å². The van der Waals surface area contributed by atoms with E-state index >= 15 is 0 Å². The maximum atomic E-state index is 14.2. The van der Waals surface area contributed by atoms with Crippen LogP contribution in [0.3, 0.4) is 0 Å². The van der Waals surface area contributed by atoms with Gasteiger partial charge in [0.25, 0.3) is 6.43 Å². The molecule has 1 fully saturated rings. The highest BCUT2D eigenvalue weighted by Crippen LogP contribution is 2.30. The van der Waals surface area contributed by atoms with E-state index in [1.165, 1.54) is 4.57 Å². The molecule has 1 aliphatic rings. The molecule has 0 aliphatic carbocycles. The molecule has 6 rings (SSSR count). The number of pyridine rings is 1. The molecule has 5 aromatic rings. The van der Waals surface area contributed by atoms with E-state index in [1.807, 2.05) is 49.9 Å². The fourth-order valence-corrected chi connectivity index (χ4v) is 5.16. The number of anilines is 2. The van der Waals surface area contributed by atoms with Crippen LogP contribution < -0.4 is 10.2 Å². The Morgan fingerprint density at radius 1 is 1.02 bits per heavy atom. The van der Waals surface area contributed by atoms with Crippen molar-refractivity contribution in [2.45, 2.75) is 39.2 Å². The van der Waals surface area contributed by atoms with Gasteiger partial charge < -0.3 is 15.0 Å². The van der Waals surface area contributed by atoms with Gasteiger partial charge in [-0.05, 0) is 74.7 Å². The fraction of sp³-hybridized carbons (Fsp3) is 0.323. The maximum absolute atomic E-state index is 14.2. The summed E-state index contributed by atoms with van der Waals surface area (Å²) in [5.74, 6) is 0.311. The summed E-state index contributed by atoms with van der Waals surface area (Å²) in [7, 11) is 0. The molecule has 1 saturated heterocycles. The molecule has 0 unspecified atom stereocenters. The third kappa shape index (κ3) is 5.71. The Morgan fingerprint density at radius 3 is 2.60 bits per heavy atom. The zero-order valence-electron chi connectivity index (χ0n) is 23.6. The van der Waals surface area contributed by atoms with Crippen molar-refractivity contribution >= 4 is 22.9 Å². The van der Waals surface area contributed by atoms with Crippen molar-refractivity contribution < 1.29 is 13.5 Å². The topological polar surface area (TPSA) is 93.9 Å². The lowest BCUT2D eigenvalue weighted by atomic mass is 9.90. The van der Waals surface area contributed by atoms with Gasteiger partial charge in [-0.1, -0.05) is 24.3 Å². The van der Waals surface area contributed by atoms with Gasteiger partial charge in [-0.2, -0.15) is 15.0 Å². The molecule has 9 nitrogen and oxygen atoms in total. The smallest absolute Gasteiger partial charge is 0.296 e. The fourth-order valence-electron chi connectivity index (χ4n) is 5.16. The van der Waals surface area contributed by atoms with E-state index in [2.05, 4.69) is 37.4 Å². The first kappa shape index (κ1) is 27.5. The molecular weight excluding hydrogens is 538 g/mol. The number of rotatable bonds is 8. The Bertz CT molecular complexity index is 1710. The molecule has 1 N–H and O–H groups in total. The summed E-state index contributed by atoms with van der Waals surface area (Å²) >= 11 is 0. The van der Waals surface area contributed by atoms with Crippen LogP contribution in [-0.2, 0) is 11.2 Å². The van der Waals surface area contributed by atoms with E-state index < -0.39 is 17.8 Å². The van der Waals surface area contributed by atoms with Gasteiger partial charge in [0.1, 0.15) is 0 Å². The number of nitrogens with one attached hydrogen (secondary N) is 1. The van der Waals surface area contributed by atoms with Crippen LogP contribution in [-0.4, -0.2) is 61.3 Å². The first-order valence-electron chi connectivity index (χ1n) is 13.7. The first-order chi connectivity index (χ1) is 20.3. The van der Waals surface area contributed by atoms with Gasteiger partial charge in [-0.15, -0.1) is 0 Å². The number of hydrogen-bond acceptors (Lipinski definition) is 8. The Hall–Kier alpha value is -4.69. The summed E-state index contributed by atoms with van der Waals surface area (Å²) in [5, 5.41) is 3.46. The van der Waals surface area contributed by atoms with Gasteiger partial charge in [-0.3, -0.25) is 9.55 Å². The molecule has 0 radical (unpaired) electrons. The second-order valence-corrected chi connectivity index (χ2v) is 10.8. The van der Waals surface area contributed by atoms with Crippen molar-refractivity contribution in [1.29, 1.82) is 0 Å². The highest BCUT2D eigenvalue weighted by atomic mass is 19.3. The first-order valence-corrected chi connectivity index (χ1v) is 13.7. The number of nitrogens with zero attached hydrogens (tertiary/aromatic N) is 7. The molecule has 0 spiro atoms. The number of para-hydroxylation sites is 2. The van der Waals surface area contributed by atoms with Crippen LogP contribution in [0.4, 0.5) is 20.7 Å². The summed E-state index contributed by atoms with van der Waals surface area (Å²) in [6, 6.07) is 21.1. The molecule has 11 heteroatoms. The number of halogens is 2. The standard InChI is InChI=1S/C31H30F2N8O/c1-20-18-21(12-13-34-20)23-9-5-4-8-22(23)19-31(2,3)39-28-36-29(40-14-16-42-17-15-40)38-30(37-28)41-25-11-7-6-10-24(25)35-27(41)26(32)33/h4,6-8,10-13,18,26H,14-17,19H2,1-3H3,(H,36,37,38,39). The number of fused-ring (bicyclic) bond motifs is 1. The van der Waals surface area contributed by atoms with Gasteiger partial charge in [0.2, 0.25) is 17.8 Å². The van der Waals surface area contributed by atoms with Crippen molar-refractivity contribution in [3.8, 4) is 17.1 Å². The monoisotopic (exact) mass is 568 g/mol. The minimum atomic E-state index is -2.82. The number of aryl methyl sites for hydroxylation is 1. The minimum Gasteiger partial charge on any atom is -0.378 e. The quantitative estimate of drug-likeness (QED) is 0.266. The number of morpholine rings is 1. The zero-order valence-corrected chi connectivity index (χ0v) is 23.6. The summed E-state index contributed by atoms with van der Waals surface area (Å²) in [5.41, 5.74) is 4.30. The molecular formula is C31H30F2N8O. The van der Waals surface area contributed by atoms with E-state index in [1.54, 1.807) is 30.5 Å².